The van der Waals surface area contributed by atoms with Crippen molar-refractivity contribution in [1.29, 1.82) is 0 Å². The van der Waals surface area contributed by atoms with Gasteiger partial charge in [0, 0.05) is 11.3 Å². The van der Waals surface area contributed by atoms with E-state index in [9.17, 15) is 18.0 Å². The van der Waals surface area contributed by atoms with Gasteiger partial charge in [0.15, 0.2) is 0 Å². The van der Waals surface area contributed by atoms with Crippen LogP contribution in [0.3, 0.4) is 0 Å². The zero-order chi connectivity index (χ0) is 20.2. The van der Waals surface area contributed by atoms with Crippen LogP contribution in [-0.4, -0.2) is 23.0 Å². The van der Waals surface area contributed by atoms with Gasteiger partial charge in [0.05, 0.1) is 12.7 Å². The molecule has 0 aliphatic rings. The van der Waals surface area contributed by atoms with Crippen molar-refractivity contribution in [2.45, 2.75) is 16.1 Å². The normalized spacial score (nSPS) is 13.0. The molecule has 1 atom stereocenters. The molecule has 146 valence electrons. The predicted molar refractivity (Wildman–Crippen MR) is 99.6 cm³/mol. The summed E-state index contributed by atoms with van der Waals surface area (Å²) in [5.74, 6) is -0.0416. The summed E-state index contributed by atoms with van der Waals surface area (Å²) in [7, 11) is 1.48. The molecule has 0 aromatic heterocycles. The number of hydrogen-bond donors (Lipinski definition) is 2. The summed E-state index contributed by atoms with van der Waals surface area (Å²) in [5.41, 5.74) is -0.603. The fraction of sp³-hybridized carbons (Fsp3) is 0.235. The van der Waals surface area contributed by atoms with Gasteiger partial charge in [-0.3, -0.25) is 4.79 Å². The van der Waals surface area contributed by atoms with E-state index in [1.807, 2.05) is 0 Å². The molecule has 4 nitrogen and oxygen atoms in total. The van der Waals surface area contributed by atoms with Gasteiger partial charge >= 0.3 is 6.18 Å². The van der Waals surface area contributed by atoms with E-state index in [0.717, 1.165) is 12.1 Å². The summed E-state index contributed by atoms with van der Waals surface area (Å²) in [4.78, 5) is 12.4. The highest BCUT2D eigenvalue weighted by atomic mass is 35.6. The molecule has 27 heavy (non-hydrogen) atoms. The van der Waals surface area contributed by atoms with Crippen molar-refractivity contribution < 1.29 is 22.7 Å². The highest BCUT2D eigenvalue weighted by Crippen LogP contribution is 2.34. The highest BCUT2D eigenvalue weighted by Gasteiger charge is 2.35. The molecule has 0 saturated heterocycles. The summed E-state index contributed by atoms with van der Waals surface area (Å²) < 4.78 is 41.5. The maximum atomic E-state index is 12.8. The van der Waals surface area contributed by atoms with Crippen molar-refractivity contribution in [3.8, 4) is 5.75 Å². The Bertz CT molecular complexity index is 793. The van der Waals surface area contributed by atoms with Gasteiger partial charge in [-0.05, 0) is 42.5 Å². The SMILES string of the molecule is COc1ccc(C(=O)NC(Nc2cccc(C(F)(F)F)c2)C(Cl)(Cl)Cl)cc1. The first-order valence-electron chi connectivity index (χ1n) is 7.46. The topological polar surface area (TPSA) is 50.4 Å². The average molecular weight is 442 g/mol. The standard InChI is InChI=1S/C17H14Cl3F3N2O2/c1-27-13-7-5-10(6-8-13)14(26)25-15(16(18,19)20)24-12-4-2-3-11(9-12)17(21,22)23/h2-9,15,24H,1H3,(H,25,26). The minimum Gasteiger partial charge on any atom is -0.497 e. The van der Waals surface area contributed by atoms with Crippen LogP contribution in [0.2, 0.25) is 0 Å². The Morgan fingerprint density at radius 2 is 1.70 bits per heavy atom. The number of carbonyl (C=O) groups is 1. The number of halogens is 6. The van der Waals surface area contributed by atoms with Gasteiger partial charge in [-0.25, -0.2) is 0 Å². The summed E-state index contributed by atoms with van der Waals surface area (Å²) in [6, 6.07) is 10.4. The quantitative estimate of drug-likeness (QED) is 0.492. The van der Waals surface area contributed by atoms with Gasteiger partial charge in [0.2, 0.25) is 3.79 Å². The molecule has 0 saturated carbocycles. The van der Waals surface area contributed by atoms with Crippen molar-refractivity contribution in [2.75, 3.05) is 12.4 Å². The molecule has 10 heteroatoms. The van der Waals surface area contributed by atoms with E-state index in [0.29, 0.717) is 5.75 Å². The lowest BCUT2D eigenvalue weighted by atomic mass is 10.2. The first kappa shape index (κ1) is 21.5. The molecule has 1 amide bonds. The number of nitrogens with one attached hydrogen (secondary N) is 2. The Balaban J connectivity index is 2.19. The van der Waals surface area contributed by atoms with Crippen molar-refractivity contribution >= 4 is 46.4 Å². The van der Waals surface area contributed by atoms with Crippen LogP contribution in [0.4, 0.5) is 18.9 Å². The van der Waals surface area contributed by atoms with E-state index in [1.165, 1.54) is 31.4 Å². The van der Waals surface area contributed by atoms with Crippen LogP contribution in [-0.2, 0) is 6.18 Å². The van der Waals surface area contributed by atoms with E-state index in [2.05, 4.69) is 10.6 Å². The molecule has 2 aromatic rings. The molecule has 0 bridgehead atoms. The number of hydrogen-bond acceptors (Lipinski definition) is 3. The zero-order valence-corrected chi connectivity index (χ0v) is 16.0. The Labute approximate surface area is 168 Å². The van der Waals surface area contributed by atoms with Gasteiger partial charge in [-0.15, -0.1) is 0 Å². The molecule has 2 aromatic carbocycles. The van der Waals surface area contributed by atoms with Crippen molar-refractivity contribution in [2.24, 2.45) is 0 Å². The third kappa shape index (κ3) is 6.09. The molecule has 2 rings (SSSR count). The second-order valence-electron chi connectivity index (χ2n) is 5.40. The minimum atomic E-state index is -4.53. The summed E-state index contributed by atoms with van der Waals surface area (Å²) in [6.07, 6.45) is -5.82. The van der Waals surface area contributed by atoms with Gasteiger partial charge in [0.25, 0.3) is 5.91 Å². The van der Waals surface area contributed by atoms with Crippen LogP contribution < -0.4 is 15.4 Å². The third-order valence-electron chi connectivity index (χ3n) is 3.46. The van der Waals surface area contributed by atoms with Crippen molar-refractivity contribution in [3.05, 3.63) is 59.7 Å². The number of carbonyl (C=O) groups excluding carboxylic acids is 1. The smallest absolute Gasteiger partial charge is 0.416 e. The van der Waals surface area contributed by atoms with Crippen LogP contribution >= 0.6 is 34.8 Å². The lowest BCUT2D eigenvalue weighted by Crippen LogP contribution is -2.49. The maximum absolute atomic E-state index is 12.8. The molecule has 0 fully saturated rings. The van der Waals surface area contributed by atoms with Crippen LogP contribution in [0.1, 0.15) is 15.9 Å². The molecule has 0 spiro atoms. The fourth-order valence-corrected chi connectivity index (χ4v) is 2.44. The Hall–Kier alpha value is -1.83. The molecule has 0 aliphatic carbocycles. The number of methoxy groups -OCH3 is 1. The first-order chi connectivity index (χ1) is 12.5. The van der Waals surface area contributed by atoms with E-state index in [1.54, 1.807) is 12.1 Å². The van der Waals surface area contributed by atoms with Crippen LogP contribution in [0, 0.1) is 0 Å². The fourth-order valence-electron chi connectivity index (χ4n) is 2.11. The number of alkyl halides is 6. The largest absolute Gasteiger partial charge is 0.497 e. The van der Waals surface area contributed by atoms with Crippen LogP contribution in [0.15, 0.2) is 48.5 Å². The number of anilines is 1. The number of benzene rings is 2. The summed E-state index contributed by atoms with van der Waals surface area (Å²) in [6.45, 7) is 0. The maximum Gasteiger partial charge on any atom is 0.416 e. The first-order valence-corrected chi connectivity index (χ1v) is 8.59. The molecule has 0 heterocycles. The number of rotatable bonds is 5. The van der Waals surface area contributed by atoms with E-state index >= 15 is 0 Å². The van der Waals surface area contributed by atoms with Gasteiger partial charge in [-0.1, -0.05) is 40.9 Å². The van der Waals surface area contributed by atoms with Crippen molar-refractivity contribution in [1.82, 2.24) is 5.32 Å². The average Bonchev–Trinajstić information content (AvgIpc) is 2.60. The molecule has 0 radical (unpaired) electrons. The summed E-state index contributed by atoms with van der Waals surface area (Å²) >= 11 is 17.6. The zero-order valence-electron chi connectivity index (χ0n) is 13.8. The number of ether oxygens (including phenoxy) is 1. The second kappa shape index (κ2) is 8.46. The van der Waals surface area contributed by atoms with E-state index < -0.39 is 27.6 Å². The van der Waals surface area contributed by atoms with E-state index in [-0.39, 0.29) is 11.3 Å². The Morgan fingerprint density at radius 1 is 1.07 bits per heavy atom. The summed E-state index contributed by atoms with van der Waals surface area (Å²) in [5, 5.41) is 5.05. The third-order valence-corrected chi connectivity index (χ3v) is 4.11. The lowest BCUT2D eigenvalue weighted by molar-refractivity contribution is -0.137. The molecule has 0 aliphatic heterocycles. The van der Waals surface area contributed by atoms with Crippen molar-refractivity contribution in [3.63, 3.8) is 0 Å². The lowest BCUT2D eigenvalue weighted by Gasteiger charge is -2.27. The van der Waals surface area contributed by atoms with Crippen LogP contribution in [0.25, 0.3) is 0 Å². The molecule has 1 unspecified atom stereocenters. The van der Waals surface area contributed by atoms with E-state index in [4.69, 9.17) is 39.5 Å². The second-order valence-corrected chi connectivity index (χ2v) is 7.77. The molecular formula is C17H14Cl3F3N2O2. The van der Waals surface area contributed by atoms with Gasteiger partial charge in [-0.2, -0.15) is 13.2 Å². The predicted octanol–water partition coefficient (Wildman–Crippen LogP) is 5.25. The molecular weight excluding hydrogens is 428 g/mol. The van der Waals surface area contributed by atoms with Gasteiger partial charge in [0.1, 0.15) is 11.9 Å². The van der Waals surface area contributed by atoms with Gasteiger partial charge < -0.3 is 15.4 Å². The van der Waals surface area contributed by atoms with Crippen LogP contribution in [0.5, 0.6) is 5.75 Å². The monoisotopic (exact) mass is 440 g/mol. The Morgan fingerprint density at radius 3 is 2.22 bits per heavy atom. The highest BCUT2D eigenvalue weighted by molar-refractivity contribution is 6.68. The minimum absolute atomic E-state index is 0.0242. The molecule has 2 N–H and O–H groups in total. The Kier molecular flexibility index (Phi) is 6.72. The number of amides is 1.